The minimum absolute atomic E-state index is 0.0426. The Morgan fingerprint density at radius 3 is 2.61 bits per heavy atom. The number of carbonyl (C=O) groups is 1. The topological polar surface area (TPSA) is 66.0 Å². The van der Waals surface area contributed by atoms with Crippen LogP contribution in [-0.4, -0.2) is 63.2 Å². The number of hydrogen-bond acceptors (Lipinski definition) is 3. The molecule has 0 saturated heterocycles. The van der Waals surface area contributed by atoms with Crippen molar-refractivity contribution in [2.24, 2.45) is 22.2 Å². The van der Waals surface area contributed by atoms with E-state index in [1.54, 1.807) is 19.0 Å². The first-order chi connectivity index (χ1) is 13.5. The fourth-order valence-electron chi connectivity index (χ4n) is 5.38. The predicted molar refractivity (Wildman–Crippen MR) is 113 cm³/mol. The van der Waals surface area contributed by atoms with E-state index in [0.29, 0.717) is 11.5 Å². The van der Waals surface area contributed by atoms with Gasteiger partial charge in [-0.1, -0.05) is 19.3 Å². The predicted octanol–water partition coefficient (Wildman–Crippen LogP) is 2.79. The van der Waals surface area contributed by atoms with Crippen LogP contribution >= 0.6 is 0 Å². The van der Waals surface area contributed by atoms with Crippen molar-refractivity contribution >= 4 is 11.9 Å². The van der Waals surface area contributed by atoms with Gasteiger partial charge in [-0.3, -0.25) is 4.79 Å². The van der Waals surface area contributed by atoms with Crippen LogP contribution in [0.4, 0.5) is 0 Å². The second-order valence-electron chi connectivity index (χ2n) is 9.39. The van der Waals surface area contributed by atoms with Gasteiger partial charge in [-0.25, -0.2) is 4.99 Å². The van der Waals surface area contributed by atoms with Crippen LogP contribution in [0.3, 0.4) is 0 Å². The average molecular weight is 393 g/mol. The minimum Gasteiger partial charge on any atom is -0.382 e. The van der Waals surface area contributed by atoms with Crippen LogP contribution in [0.25, 0.3) is 0 Å². The van der Waals surface area contributed by atoms with Crippen LogP contribution in [-0.2, 0) is 9.53 Å². The monoisotopic (exact) mass is 392 g/mol. The fourth-order valence-corrected chi connectivity index (χ4v) is 5.38. The third kappa shape index (κ3) is 5.62. The molecule has 3 fully saturated rings. The molecule has 0 aromatic rings. The van der Waals surface area contributed by atoms with Crippen molar-refractivity contribution in [2.45, 2.75) is 70.8 Å². The molecule has 2 bridgehead atoms. The number of nitrogens with one attached hydrogen (secondary N) is 2. The van der Waals surface area contributed by atoms with Crippen molar-refractivity contribution in [1.29, 1.82) is 0 Å². The maximum atomic E-state index is 12.1. The average Bonchev–Trinajstić information content (AvgIpc) is 3.41. The van der Waals surface area contributed by atoms with E-state index in [-0.39, 0.29) is 12.5 Å². The second kappa shape index (κ2) is 9.95. The molecular weight excluding hydrogens is 352 g/mol. The van der Waals surface area contributed by atoms with Gasteiger partial charge in [-0.2, -0.15) is 0 Å². The molecule has 1 amide bonds. The summed E-state index contributed by atoms with van der Waals surface area (Å²) in [6.45, 7) is 4.81. The van der Waals surface area contributed by atoms with E-state index < -0.39 is 0 Å². The van der Waals surface area contributed by atoms with E-state index >= 15 is 0 Å². The Labute approximate surface area is 170 Å². The Morgan fingerprint density at radius 2 is 2.00 bits per heavy atom. The zero-order valence-corrected chi connectivity index (χ0v) is 18.1. The number of amides is 1. The molecule has 0 spiro atoms. The standard InChI is InChI=1S/C22H40N4O2/c1-4-28-12-11-22(9-5-6-10-22)16-24-21(23-15-20(27)26(2)3)25-19-14-17-7-8-18(19)13-17/h17-19H,4-16H2,1-3H3,(H2,23,24,25). The summed E-state index contributed by atoms with van der Waals surface area (Å²) in [5, 5.41) is 7.31. The second-order valence-corrected chi connectivity index (χ2v) is 9.39. The fraction of sp³-hybridized carbons (Fsp3) is 0.909. The smallest absolute Gasteiger partial charge is 0.243 e. The number of fused-ring (bicyclic) bond motifs is 2. The van der Waals surface area contributed by atoms with Gasteiger partial charge in [0.15, 0.2) is 5.96 Å². The largest absolute Gasteiger partial charge is 0.382 e. The first-order valence-corrected chi connectivity index (χ1v) is 11.3. The summed E-state index contributed by atoms with van der Waals surface area (Å²) in [6, 6.07) is 0.516. The molecule has 3 aliphatic carbocycles. The van der Waals surface area contributed by atoms with Gasteiger partial charge in [0, 0.05) is 39.9 Å². The van der Waals surface area contributed by atoms with E-state index in [4.69, 9.17) is 4.74 Å². The molecule has 6 heteroatoms. The highest BCUT2D eigenvalue weighted by molar-refractivity contribution is 5.85. The minimum atomic E-state index is 0.0426. The molecule has 3 rings (SSSR count). The van der Waals surface area contributed by atoms with Crippen LogP contribution in [0.5, 0.6) is 0 Å². The van der Waals surface area contributed by atoms with Gasteiger partial charge in [0.1, 0.15) is 6.54 Å². The molecule has 0 aliphatic heterocycles. The summed E-state index contributed by atoms with van der Waals surface area (Å²) in [5.74, 6) is 2.54. The van der Waals surface area contributed by atoms with E-state index in [1.807, 2.05) is 0 Å². The Morgan fingerprint density at radius 1 is 1.21 bits per heavy atom. The SMILES string of the molecule is CCOCCC1(CNC(=NCC(=O)N(C)C)NC2CC3CCC2C3)CCCC1. The molecule has 0 heterocycles. The molecule has 28 heavy (non-hydrogen) atoms. The number of carbonyl (C=O) groups excluding carboxylic acids is 1. The van der Waals surface area contributed by atoms with E-state index in [1.165, 1.54) is 51.4 Å². The summed E-state index contributed by atoms with van der Waals surface area (Å²) >= 11 is 0. The van der Waals surface area contributed by atoms with Crippen molar-refractivity contribution in [3.05, 3.63) is 0 Å². The number of hydrogen-bond donors (Lipinski definition) is 2. The number of guanidine groups is 1. The lowest BCUT2D eigenvalue weighted by Crippen LogP contribution is -2.49. The first-order valence-electron chi connectivity index (χ1n) is 11.3. The third-order valence-electron chi connectivity index (χ3n) is 7.21. The zero-order valence-electron chi connectivity index (χ0n) is 18.1. The molecule has 160 valence electrons. The summed E-state index contributed by atoms with van der Waals surface area (Å²) < 4.78 is 5.65. The van der Waals surface area contributed by atoms with Crippen molar-refractivity contribution in [1.82, 2.24) is 15.5 Å². The first kappa shape index (κ1) is 21.4. The van der Waals surface area contributed by atoms with Gasteiger partial charge >= 0.3 is 0 Å². The van der Waals surface area contributed by atoms with Gasteiger partial charge in [0.05, 0.1) is 0 Å². The molecule has 3 saturated carbocycles. The molecule has 0 aromatic carbocycles. The normalized spacial score (nSPS) is 28.5. The highest BCUT2D eigenvalue weighted by Crippen LogP contribution is 2.44. The zero-order chi connectivity index (χ0) is 20.0. The lowest BCUT2D eigenvalue weighted by Gasteiger charge is -2.31. The van der Waals surface area contributed by atoms with E-state index in [0.717, 1.165) is 44.0 Å². The Bertz CT molecular complexity index is 543. The molecule has 3 atom stereocenters. The molecule has 0 radical (unpaired) electrons. The third-order valence-corrected chi connectivity index (χ3v) is 7.21. The number of rotatable bonds is 9. The summed E-state index contributed by atoms with van der Waals surface area (Å²) in [4.78, 5) is 18.3. The van der Waals surface area contributed by atoms with E-state index in [2.05, 4.69) is 22.5 Å². The maximum Gasteiger partial charge on any atom is 0.243 e. The molecule has 2 N–H and O–H groups in total. The molecule has 3 aliphatic rings. The molecule has 6 nitrogen and oxygen atoms in total. The van der Waals surface area contributed by atoms with Crippen LogP contribution in [0, 0.1) is 17.3 Å². The van der Waals surface area contributed by atoms with Gasteiger partial charge in [-0.05, 0) is 62.7 Å². The van der Waals surface area contributed by atoms with Crippen molar-refractivity contribution in [3.8, 4) is 0 Å². The maximum absolute atomic E-state index is 12.1. The molecular formula is C22H40N4O2. The number of likely N-dealkylation sites (N-methyl/N-ethyl adjacent to an activating group) is 1. The van der Waals surface area contributed by atoms with Gasteiger partial charge in [0.2, 0.25) is 5.91 Å². The van der Waals surface area contributed by atoms with Gasteiger partial charge in [-0.15, -0.1) is 0 Å². The molecule has 3 unspecified atom stereocenters. The Balaban J connectivity index is 1.60. The summed E-state index contributed by atoms with van der Waals surface area (Å²) in [5.41, 5.74) is 0.303. The van der Waals surface area contributed by atoms with E-state index in [9.17, 15) is 4.79 Å². The van der Waals surface area contributed by atoms with Crippen molar-refractivity contribution in [2.75, 3.05) is 40.4 Å². The van der Waals surface area contributed by atoms with Crippen LogP contribution in [0.15, 0.2) is 4.99 Å². The van der Waals surface area contributed by atoms with Crippen LogP contribution < -0.4 is 10.6 Å². The lowest BCUT2D eigenvalue weighted by molar-refractivity contribution is -0.127. The Kier molecular flexibility index (Phi) is 7.61. The highest BCUT2D eigenvalue weighted by atomic mass is 16.5. The van der Waals surface area contributed by atoms with Gasteiger partial charge < -0.3 is 20.3 Å². The van der Waals surface area contributed by atoms with Crippen LogP contribution in [0.1, 0.15) is 64.7 Å². The number of aliphatic imine (C=N–C) groups is 1. The van der Waals surface area contributed by atoms with Crippen molar-refractivity contribution in [3.63, 3.8) is 0 Å². The quantitative estimate of drug-likeness (QED) is 0.360. The molecule has 0 aromatic heterocycles. The number of nitrogens with zero attached hydrogens (tertiary/aromatic N) is 2. The lowest BCUT2D eigenvalue weighted by atomic mass is 9.83. The van der Waals surface area contributed by atoms with Gasteiger partial charge in [0.25, 0.3) is 0 Å². The Hall–Kier alpha value is -1.30. The summed E-state index contributed by atoms with van der Waals surface area (Å²) in [7, 11) is 3.57. The summed E-state index contributed by atoms with van der Waals surface area (Å²) in [6.07, 6.45) is 11.6. The number of ether oxygens (including phenoxy) is 1. The van der Waals surface area contributed by atoms with Crippen molar-refractivity contribution < 1.29 is 9.53 Å². The van der Waals surface area contributed by atoms with Crippen LogP contribution in [0.2, 0.25) is 0 Å². The highest BCUT2D eigenvalue weighted by Gasteiger charge is 2.40.